The Labute approximate surface area is 166 Å². The molecule has 0 radical (unpaired) electrons. The van der Waals surface area contributed by atoms with Gasteiger partial charge in [0.1, 0.15) is 18.2 Å². The molecule has 2 aliphatic rings. The number of guanidine groups is 1. The lowest BCUT2D eigenvalue weighted by Crippen LogP contribution is -2.46. The van der Waals surface area contributed by atoms with Crippen molar-refractivity contribution in [2.45, 2.75) is 44.6 Å². The van der Waals surface area contributed by atoms with Crippen molar-refractivity contribution in [1.82, 2.24) is 15.5 Å². The summed E-state index contributed by atoms with van der Waals surface area (Å²) in [5, 5.41) is 6.60. The molecule has 3 rings (SSSR count). The van der Waals surface area contributed by atoms with Crippen LogP contribution >= 0.6 is 0 Å². The predicted octanol–water partition coefficient (Wildman–Crippen LogP) is 2.55. The monoisotopic (exact) mass is 390 g/mol. The van der Waals surface area contributed by atoms with E-state index in [0.29, 0.717) is 30.8 Å². The van der Waals surface area contributed by atoms with E-state index in [0.717, 1.165) is 32.4 Å². The molecule has 28 heavy (non-hydrogen) atoms. The molecule has 1 atom stereocenters. The molecule has 1 aromatic carbocycles. The predicted molar refractivity (Wildman–Crippen MR) is 108 cm³/mol. The van der Waals surface area contributed by atoms with Crippen molar-refractivity contribution in [3.63, 3.8) is 0 Å². The average molecular weight is 391 g/mol. The molecule has 2 N–H and O–H groups in total. The van der Waals surface area contributed by atoms with Gasteiger partial charge < -0.3 is 20.3 Å². The highest BCUT2D eigenvalue weighted by molar-refractivity contribution is 5.81. The Bertz CT molecular complexity index is 676. The second-order valence-corrected chi connectivity index (χ2v) is 7.55. The van der Waals surface area contributed by atoms with Crippen LogP contribution in [0.4, 0.5) is 4.39 Å². The Balaban J connectivity index is 1.37. The molecule has 1 saturated carbocycles. The first-order chi connectivity index (χ1) is 13.7. The third-order valence-corrected chi connectivity index (χ3v) is 5.48. The van der Waals surface area contributed by atoms with Crippen molar-refractivity contribution < 1.29 is 13.9 Å². The zero-order valence-electron chi connectivity index (χ0n) is 16.6. The molecule has 154 valence electrons. The van der Waals surface area contributed by atoms with Crippen molar-refractivity contribution in [1.29, 1.82) is 0 Å². The second kappa shape index (κ2) is 10.3. The molecular weight excluding hydrogens is 359 g/mol. The molecule has 0 spiro atoms. The molecule has 1 unspecified atom stereocenters. The maximum atomic E-state index is 13.1. The van der Waals surface area contributed by atoms with Crippen molar-refractivity contribution in [3.8, 4) is 5.75 Å². The maximum Gasteiger partial charge on any atom is 0.225 e. The van der Waals surface area contributed by atoms with Gasteiger partial charge in [0.15, 0.2) is 5.96 Å². The summed E-state index contributed by atoms with van der Waals surface area (Å²) in [4.78, 5) is 18.9. The van der Waals surface area contributed by atoms with Crippen molar-refractivity contribution in [3.05, 3.63) is 30.1 Å². The first-order valence-electron chi connectivity index (χ1n) is 10.3. The van der Waals surface area contributed by atoms with Gasteiger partial charge in [-0.3, -0.25) is 9.79 Å². The van der Waals surface area contributed by atoms with E-state index in [2.05, 4.69) is 15.6 Å². The summed E-state index contributed by atoms with van der Waals surface area (Å²) in [6, 6.07) is 6.32. The van der Waals surface area contributed by atoms with E-state index in [1.165, 1.54) is 31.4 Å². The van der Waals surface area contributed by atoms with Gasteiger partial charge in [-0.15, -0.1) is 0 Å². The van der Waals surface area contributed by atoms with Crippen molar-refractivity contribution in [2.24, 2.45) is 10.9 Å². The molecule has 1 heterocycles. The number of likely N-dealkylation sites (tertiary alicyclic amines) is 1. The van der Waals surface area contributed by atoms with Crippen LogP contribution in [-0.4, -0.2) is 56.1 Å². The summed E-state index contributed by atoms with van der Waals surface area (Å²) < 4.78 is 18.7. The third-order valence-electron chi connectivity index (χ3n) is 5.48. The molecule has 1 aromatic rings. The minimum absolute atomic E-state index is 0.211. The van der Waals surface area contributed by atoms with Crippen molar-refractivity contribution >= 4 is 11.9 Å². The Morgan fingerprint density at radius 1 is 1.29 bits per heavy atom. The van der Waals surface area contributed by atoms with Crippen LogP contribution in [0.25, 0.3) is 0 Å². The highest BCUT2D eigenvalue weighted by atomic mass is 19.1. The number of carbonyl (C=O) groups is 1. The molecule has 0 bridgehead atoms. The topological polar surface area (TPSA) is 66.0 Å². The van der Waals surface area contributed by atoms with Gasteiger partial charge in [-0.2, -0.15) is 0 Å². The number of carbonyl (C=O) groups excluding carboxylic acids is 1. The lowest BCUT2D eigenvalue weighted by molar-refractivity contribution is -0.135. The lowest BCUT2D eigenvalue weighted by Gasteiger charge is -2.26. The second-order valence-electron chi connectivity index (χ2n) is 7.55. The number of hydrogen-bond donors (Lipinski definition) is 2. The first-order valence-corrected chi connectivity index (χ1v) is 10.3. The van der Waals surface area contributed by atoms with Crippen LogP contribution in [0.3, 0.4) is 0 Å². The molecule has 2 fully saturated rings. The SMILES string of the molecule is CN=C(NCCOc1cccc(F)c1)NC1CCN(C(=O)C2CCCCC2)C1. The highest BCUT2D eigenvalue weighted by Gasteiger charge is 2.31. The number of hydrogen-bond acceptors (Lipinski definition) is 3. The molecule has 6 nitrogen and oxygen atoms in total. The third kappa shape index (κ3) is 5.84. The molecule has 1 aliphatic heterocycles. The van der Waals surface area contributed by atoms with Crippen LogP contribution in [0.15, 0.2) is 29.3 Å². The summed E-state index contributed by atoms with van der Waals surface area (Å²) in [6.45, 7) is 2.50. The van der Waals surface area contributed by atoms with Gasteiger partial charge >= 0.3 is 0 Å². The Morgan fingerprint density at radius 3 is 2.86 bits per heavy atom. The number of ether oxygens (including phenoxy) is 1. The number of nitrogens with zero attached hydrogens (tertiary/aromatic N) is 2. The van der Waals surface area contributed by atoms with Crippen LogP contribution < -0.4 is 15.4 Å². The summed E-state index contributed by atoms with van der Waals surface area (Å²) in [5.41, 5.74) is 0. The van der Waals surface area contributed by atoms with Crippen LogP contribution in [0.5, 0.6) is 5.75 Å². The van der Waals surface area contributed by atoms with Gasteiger partial charge in [0.2, 0.25) is 5.91 Å². The average Bonchev–Trinajstić information content (AvgIpc) is 3.19. The normalized spacial score (nSPS) is 20.9. The number of aliphatic imine (C=N–C) groups is 1. The van der Waals surface area contributed by atoms with E-state index in [1.807, 2.05) is 4.90 Å². The van der Waals surface area contributed by atoms with E-state index in [9.17, 15) is 9.18 Å². The van der Waals surface area contributed by atoms with Crippen LogP contribution in [0.2, 0.25) is 0 Å². The Morgan fingerprint density at radius 2 is 2.11 bits per heavy atom. The molecule has 1 saturated heterocycles. The maximum absolute atomic E-state index is 13.1. The molecule has 1 amide bonds. The summed E-state index contributed by atoms with van der Waals surface area (Å²) >= 11 is 0. The van der Waals surface area contributed by atoms with Crippen molar-refractivity contribution in [2.75, 3.05) is 33.3 Å². The van der Waals surface area contributed by atoms with Gasteiger partial charge in [-0.1, -0.05) is 25.3 Å². The van der Waals surface area contributed by atoms with Crippen LogP contribution in [-0.2, 0) is 4.79 Å². The van der Waals surface area contributed by atoms with E-state index < -0.39 is 0 Å². The zero-order chi connectivity index (χ0) is 19.8. The first kappa shape index (κ1) is 20.4. The van der Waals surface area contributed by atoms with E-state index in [4.69, 9.17) is 4.74 Å². The minimum Gasteiger partial charge on any atom is -0.492 e. The van der Waals surface area contributed by atoms with Gasteiger partial charge in [0.05, 0.1) is 6.54 Å². The summed E-state index contributed by atoms with van der Waals surface area (Å²) in [7, 11) is 1.72. The Hall–Kier alpha value is -2.31. The number of nitrogens with one attached hydrogen (secondary N) is 2. The van der Waals surface area contributed by atoms with E-state index >= 15 is 0 Å². The fourth-order valence-electron chi connectivity index (χ4n) is 3.97. The van der Waals surface area contributed by atoms with E-state index in [-0.39, 0.29) is 17.8 Å². The van der Waals surface area contributed by atoms with Gasteiger partial charge in [0, 0.05) is 38.2 Å². The summed E-state index contributed by atoms with van der Waals surface area (Å²) in [5.74, 6) is 1.45. The van der Waals surface area contributed by atoms with Gasteiger partial charge in [-0.25, -0.2) is 4.39 Å². The fraction of sp³-hybridized carbons (Fsp3) is 0.619. The van der Waals surface area contributed by atoms with Gasteiger partial charge in [-0.05, 0) is 31.4 Å². The van der Waals surface area contributed by atoms with Crippen LogP contribution in [0.1, 0.15) is 38.5 Å². The minimum atomic E-state index is -0.309. The number of benzene rings is 1. The van der Waals surface area contributed by atoms with Crippen LogP contribution in [0, 0.1) is 11.7 Å². The van der Waals surface area contributed by atoms with Gasteiger partial charge in [0.25, 0.3) is 0 Å². The number of rotatable bonds is 6. The number of halogens is 1. The smallest absolute Gasteiger partial charge is 0.225 e. The molecular formula is C21H31FN4O2. The molecule has 1 aliphatic carbocycles. The number of amides is 1. The highest BCUT2D eigenvalue weighted by Crippen LogP contribution is 2.26. The summed E-state index contributed by atoms with van der Waals surface area (Å²) in [6.07, 6.45) is 6.64. The molecule has 0 aromatic heterocycles. The lowest BCUT2D eigenvalue weighted by atomic mass is 9.88. The fourth-order valence-corrected chi connectivity index (χ4v) is 3.97. The largest absolute Gasteiger partial charge is 0.492 e. The molecule has 7 heteroatoms. The Kier molecular flexibility index (Phi) is 7.51. The van der Waals surface area contributed by atoms with E-state index in [1.54, 1.807) is 19.2 Å². The quantitative estimate of drug-likeness (QED) is 0.445. The standard InChI is InChI=1S/C21H31FN4O2/c1-23-21(24-11-13-28-19-9-5-8-17(22)14-19)25-18-10-12-26(15-18)20(27)16-6-3-2-4-7-16/h5,8-9,14,16,18H,2-4,6-7,10-13,15H2,1H3,(H2,23,24,25). The zero-order valence-corrected chi connectivity index (χ0v) is 16.6.